The number of carbonyl (C=O) groups is 3. The molecule has 2 aromatic rings. The van der Waals surface area contributed by atoms with Crippen molar-refractivity contribution in [1.82, 2.24) is 0 Å². The van der Waals surface area contributed by atoms with E-state index < -0.39 is 23.7 Å². The summed E-state index contributed by atoms with van der Waals surface area (Å²) in [7, 11) is 0. The fourth-order valence-electron chi connectivity index (χ4n) is 2.63. The molecule has 1 aliphatic rings. The van der Waals surface area contributed by atoms with E-state index in [0.29, 0.717) is 16.8 Å². The van der Waals surface area contributed by atoms with E-state index in [9.17, 15) is 19.5 Å². The van der Waals surface area contributed by atoms with Crippen LogP contribution in [0.1, 0.15) is 24.2 Å². The second-order valence-corrected chi connectivity index (χ2v) is 6.31. The maximum absolute atomic E-state index is 12.0. The smallest absolute Gasteiger partial charge is 0.350 e. The van der Waals surface area contributed by atoms with Crippen molar-refractivity contribution in [2.24, 2.45) is 0 Å². The Balaban J connectivity index is 1.87. The summed E-state index contributed by atoms with van der Waals surface area (Å²) in [6.07, 6.45) is 1.21. The molecule has 27 heavy (non-hydrogen) atoms. The van der Waals surface area contributed by atoms with Gasteiger partial charge in [0.15, 0.2) is 5.57 Å². The maximum Gasteiger partial charge on any atom is 0.350 e. The van der Waals surface area contributed by atoms with Crippen LogP contribution in [0.15, 0.2) is 60.3 Å². The lowest BCUT2D eigenvalue weighted by atomic mass is 9.99. The fraction of sp³-hybridized carbons (Fsp3) is 0.150. The molecule has 1 fully saturated rings. The molecule has 0 unspecified atom stereocenters. The lowest BCUT2D eigenvalue weighted by Gasteiger charge is -2.29. The molecule has 138 valence electrons. The van der Waals surface area contributed by atoms with Gasteiger partial charge in [0.25, 0.3) is 5.79 Å². The lowest BCUT2D eigenvalue weighted by Crippen LogP contribution is -2.42. The average molecular weight is 367 g/mol. The van der Waals surface area contributed by atoms with E-state index in [-0.39, 0.29) is 11.1 Å². The number of carbonyl (C=O) groups excluding carboxylic acids is 2. The van der Waals surface area contributed by atoms with Crippen molar-refractivity contribution in [1.29, 1.82) is 0 Å². The van der Waals surface area contributed by atoms with Crippen molar-refractivity contribution in [2.45, 2.75) is 19.6 Å². The molecule has 0 aromatic heterocycles. The van der Waals surface area contributed by atoms with Gasteiger partial charge in [-0.1, -0.05) is 30.3 Å². The van der Waals surface area contributed by atoms with Crippen LogP contribution in [0, 0.1) is 0 Å². The number of carboxylic acid groups (broad SMARTS) is 1. The predicted octanol–water partition coefficient (Wildman–Crippen LogP) is 3.18. The van der Waals surface area contributed by atoms with Gasteiger partial charge in [0, 0.05) is 25.7 Å². The zero-order chi connectivity index (χ0) is 19.6. The summed E-state index contributed by atoms with van der Waals surface area (Å²) >= 11 is 0. The SMILES string of the molecule is CC1(C)OC(=O)C(=CNc2cccc(-c3ccccc3C(=O)O)c2)C(=O)O1. The number of cyclic esters (lactones) is 2. The van der Waals surface area contributed by atoms with Gasteiger partial charge in [-0.3, -0.25) is 0 Å². The van der Waals surface area contributed by atoms with E-state index in [2.05, 4.69) is 5.32 Å². The van der Waals surface area contributed by atoms with Crippen LogP contribution in [-0.4, -0.2) is 28.8 Å². The molecule has 0 aliphatic carbocycles. The van der Waals surface area contributed by atoms with Crippen LogP contribution in [0.25, 0.3) is 11.1 Å². The van der Waals surface area contributed by atoms with E-state index >= 15 is 0 Å². The van der Waals surface area contributed by atoms with Crippen molar-refractivity contribution in [3.63, 3.8) is 0 Å². The van der Waals surface area contributed by atoms with Crippen molar-refractivity contribution in [3.05, 3.63) is 65.9 Å². The number of anilines is 1. The summed E-state index contributed by atoms with van der Waals surface area (Å²) < 4.78 is 10.0. The summed E-state index contributed by atoms with van der Waals surface area (Å²) in [5.41, 5.74) is 1.71. The molecule has 3 rings (SSSR count). The van der Waals surface area contributed by atoms with E-state index in [0.717, 1.165) is 0 Å². The highest BCUT2D eigenvalue weighted by Crippen LogP contribution is 2.27. The molecular formula is C20H17NO6. The largest absolute Gasteiger partial charge is 0.478 e. The van der Waals surface area contributed by atoms with E-state index in [1.807, 2.05) is 0 Å². The van der Waals surface area contributed by atoms with Gasteiger partial charge in [0.1, 0.15) is 0 Å². The predicted molar refractivity (Wildman–Crippen MR) is 96.8 cm³/mol. The van der Waals surface area contributed by atoms with Crippen LogP contribution in [0.2, 0.25) is 0 Å². The Kier molecular flexibility index (Phi) is 4.68. The molecule has 0 spiro atoms. The molecular weight excluding hydrogens is 350 g/mol. The first-order chi connectivity index (χ1) is 12.8. The fourth-order valence-corrected chi connectivity index (χ4v) is 2.63. The van der Waals surface area contributed by atoms with Gasteiger partial charge in [-0.2, -0.15) is 0 Å². The molecule has 1 saturated heterocycles. The monoisotopic (exact) mass is 367 g/mol. The molecule has 0 saturated carbocycles. The topological polar surface area (TPSA) is 102 Å². The second-order valence-electron chi connectivity index (χ2n) is 6.31. The minimum Gasteiger partial charge on any atom is -0.478 e. The molecule has 2 aromatic carbocycles. The third-order valence-electron chi connectivity index (χ3n) is 3.83. The summed E-state index contributed by atoms with van der Waals surface area (Å²) in [5, 5.41) is 12.2. The highest BCUT2D eigenvalue weighted by atomic mass is 16.7. The number of hydrogen-bond donors (Lipinski definition) is 2. The molecule has 0 bridgehead atoms. The zero-order valence-electron chi connectivity index (χ0n) is 14.7. The minimum absolute atomic E-state index is 0.176. The average Bonchev–Trinajstić information content (AvgIpc) is 2.60. The second kappa shape index (κ2) is 6.95. The molecule has 7 heteroatoms. The molecule has 1 heterocycles. The molecule has 0 amide bonds. The van der Waals surface area contributed by atoms with Crippen LogP contribution in [0.4, 0.5) is 5.69 Å². The number of carboxylic acids is 1. The number of nitrogens with one attached hydrogen (secondary N) is 1. The first kappa shape index (κ1) is 18.2. The Labute approximate surface area is 155 Å². The third kappa shape index (κ3) is 3.98. The molecule has 0 atom stereocenters. The van der Waals surface area contributed by atoms with Crippen LogP contribution in [0.3, 0.4) is 0 Å². The molecule has 1 aliphatic heterocycles. The van der Waals surface area contributed by atoms with Crippen molar-refractivity contribution >= 4 is 23.6 Å². The van der Waals surface area contributed by atoms with Crippen molar-refractivity contribution < 1.29 is 29.0 Å². The molecule has 0 radical (unpaired) electrons. The van der Waals surface area contributed by atoms with Crippen molar-refractivity contribution in [2.75, 3.05) is 5.32 Å². The number of aromatic carboxylic acids is 1. The summed E-state index contributed by atoms with van der Waals surface area (Å²) in [6.45, 7) is 2.94. The number of rotatable bonds is 4. The lowest BCUT2D eigenvalue weighted by molar-refractivity contribution is -0.222. The van der Waals surface area contributed by atoms with E-state index in [4.69, 9.17) is 9.47 Å². The quantitative estimate of drug-likeness (QED) is 0.486. The van der Waals surface area contributed by atoms with Gasteiger partial charge in [-0.25, -0.2) is 14.4 Å². The van der Waals surface area contributed by atoms with Gasteiger partial charge in [-0.05, 0) is 29.3 Å². The zero-order valence-corrected chi connectivity index (χ0v) is 14.7. The Bertz CT molecular complexity index is 938. The number of ether oxygens (including phenoxy) is 2. The van der Waals surface area contributed by atoms with Gasteiger partial charge < -0.3 is 19.9 Å². The Morgan fingerprint density at radius 3 is 2.37 bits per heavy atom. The molecule has 7 nitrogen and oxygen atoms in total. The van der Waals surface area contributed by atoms with Gasteiger partial charge in [0.2, 0.25) is 0 Å². The molecule has 2 N–H and O–H groups in total. The summed E-state index contributed by atoms with van der Waals surface area (Å²) in [4.78, 5) is 35.3. The minimum atomic E-state index is -1.30. The first-order valence-electron chi connectivity index (χ1n) is 8.13. The normalized spacial score (nSPS) is 15.6. The maximum atomic E-state index is 12.0. The van der Waals surface area contributed by atoms with E-state index in [1.165, 1.54) is 26.1 Å². The Morgan fingerprint density at radius 2 is 1.70 bits per heavy atom. The number of esters is 2. The highest BCUT2D eigenvalue weighted by Gasteiger charge is 2.38. The summed E-state index contributed by atoms with van der Waals surface area (Å²) in [6, 6.07) is 13.6. The number of benzene rings is 2. The standard InChI is InChI=1S/C20H17NO6/c1-20(2)26-18(24)16(19(25)27-20)11-21-13-7-5-6-12(10-13)14-8-3-4-9-15(14)17(22)23/h3-11,21H,1-2H3,(H,22,23). The van der Waals surface area contributed by atoms with Crippen LogP contribution in [0.5, 0.6) is 0 Å². The Morgan fingerprint density at radius 1 is 1.04 bits per heavy atom. The highest BCUT2D eigenvalue weighted by molar-refractivity contribution is 6.15. The van der Waals surface area contributed by atoms with E-state index in [1.54, 1.807) is 42.5 Å². The number of hydrogen-bond acceptors (Lipinski definition) is 6. The van der Waals surface area contributed by atoms with Crippen LogP contribution < -0.4 is 5.32 Å². The van der Waals surface area contributed by atoms with Crippen molar-refractivity contribution in [3.8, 4) is 11.1 Å². The van der Waals surface area contributed by atoms with Gasteiger partial charge in [-0.15, -0.1) is 0 Å². The van der Waals surface area contributed by atoms with Gasteiger partial charge >= 0.3 is 17.9 Å². The summed E-state index contributed by atoms with van der Waals surface area (Å²) in [5.74, 6) is -3.89. The van der Waals surface area contributed by atoms with Crippen LogP contribution in [-0.2, 0) is 19.1 Å². The first-order valence-corrected chi connectivity index (χ1v) is 8.13. The van der Waals surface area contributed by atoms with Gasteiger partial charge in [0.05, 0.1) is 5.56 Å². The van der Waals surface area contributed by atoms with Crippen LogP contribution >= 0.6 is 0 Å². The Hall–Kier alpha value is -3.61. The third-order valence-corrected chi connectivity index (χ3v) is 3.83.